The van der Waals surface area contributed by atoms with Crippen molar-refractivity contribution in [1.29, 1.82) is 0 Å². The molecule has 3 N–H and O–H groups in total. The molecule has 3 heteroatoms. The Hall–Kier alpha value is -0.730. The molecule has 0 radical (unpaired) electrons. The van der Waals surface area contributed by atoms with Crippen LogP contribution in [0, 0.1) is 5.92 Å². The summed E-state index contributed by atoms with van der Waals surface area (Å²) in [5.74, 6) is 1.20. The maximum atomic E-state index is 5.62. The van der Waals surface area contributed by atoms with Crippen molar-refractivity contribution < 1.29 is 0 Å². The molecule has 0 fully saturated rings. The highest BCUT2D eigenvalue weighted by Crippen LogP contribution is 2.05. The van der Waals surface area contributed by atoms with Crippen LogP contribution in [0.4, 0.5) is 0 Å². The number of nitrogens with two attached hydrogens (primary N) is 1. The van der Waals surface area contributed by atoms with Gasteiger partial charge in [-0.05, 0) is 19.8 Å². The first-order valence-corrected chi connectivity index (χ1v) is 4.68. The van der Waals surface area contributed by atoms with Gasteiger partial charge in [0, 0.05) is 12.6 Å². The van der Waals surface area contributed by atoms with Crippen molar-refractivity contribution in [2.45, 2.75) is 40.2 Å². The maximum Gasteiger partial charge on any atom is 0.188 e. The van der Waals surface area contributed by atoms with E-state index < -0.39 is 0 Å². The molecule has 0 aliphatic heterocycles. The second kappa shape index (κ2) is 5.86. The molecule has 0 aromatic heterocycles. The zero-order chi connectivity index (χ0) is 9.56. The van der Waals surface area contributed by atoms with Gasteiger partial charge in [0.25, 0.3) is 0 Å². The number of hydrogen-bond donors (Lipinski definition) is 2. The van der Waals surface area contributed by atoms with Crippen molar-refractivity contribution in [3.63, 3.8) is 0 Å². The van der Waals surface area contributed by atoms with Crippen LogP contribution in [0.15, 0.2) is 4.99 Å². The van der Waals surface area contributed by atoms with E-state index in [9.17, 15) is 0 Å². The van der Waals surface area contributed by atoms with Gasteiger partial charge in [-0.1, -0.05) is 20.3 Å². The normalized spacial score (nSPS) is 17.2. The summed E-state index contributed by atoms with van der Waals surface area (Å²) in [6, 6.07) is 0.408. The SMILES string of the molecule is CCN=C(N)NC(C)C(C)CC. The molecule has 0 spiro atoms. The topological polar surface area (TPSA) is 50.4 Å². The van der Waals surface area contributed by atoms with Gasteiger partial charge >= 0.3 is 0 Å². The Morgan fingerprint density at radius 3 is 2.42 bits per heavy atom. The molecule has 0 amide bonds. The fourth-order valence-corrected chi connectivity index (χ4v) is 0.945. The second-order valence-electron chi connectivity index (χ2n) is 3.18. The van der Waals surface area contributed by atoms with E-state index in [0.29, 0.717) is 17.9 Å². The van der Waals surface area contributed by atoms with Crippen molar-refractivity contribution in [3.8, 4) is 0 Å². The summed E-state index contributed by atoms with van der Waals surface area (Å²) in [4.78, 5) is 4.06. The van der Waals surface area contributed by atoms with E-state index in [-0.39, 0.29) is 0 Å². The van der Waals surface area contributed by atoms with Crippen LogP contribution >= 0.6 is 0 Å². The molecule has 2 unspecified atom stereocenters. The predicted molar refractivity (Wildman–Crippen MR) is 54.2 cm³/mol. The first-order valence-electron chi connectivity index (χ1n) is 4.68. The zero-order valence-corrected chi connectivity index (χ0v) is 8.59. The summed E-state index contributed by atoms with van der Waals surface area (Å²) in [5.41, 5.74) is 5.62. The molecule has 12 heavy (non-hydrogen) atoms. The van der Waals surface area contributed by atoms with Crippen LogP contribution in [-0.4, -0.2) is 18.5 Å². The first kappa shape index (κ1) is 11.3. The highest BCUT2D eigenvalue weighted by Gasteiger charge is 2.09. The molecule has 0 saturated carbocycles. The molecule has 0 heterocycles. The Labute approximate surface area is 75.4 Å². The minimum Gasteiger partial charge on any atom is -0.370 e. The molecule has 0 rings (SSSR count). The molecular formula is C9H21N3. The van der Waals surface area contributed by atoms with Gasteiger partial charge in [0.2, 0.25) is 0 Å². The summed E-state index contributed by atoms with van der Waals surface area (Å²) >= 11 is 0. The molecule has 0 aromatic carbocycles. The average molecular weight is 171 g/mol. The summed E-state index contributed by atoms with van der Waals surface area (Å²) in [5, 5.41) is 3.16. The van der Waals surface area contributed by atoms with Gasteiger partial charge in [-0.15, -0.1) is 0 Å². The monoisotopic (exact) mass is 171 g/mol. The van der Waals surface area contributed by atoms with Crippen molar-refractivity contribution in [1.82, 2.24) is 5.32 Å². The number of hydrogen-bond acceptors (Lipinski definition) is 1. The van der Waals surface area contributed by atoms with Gasteiger partial charge in [-0.3, -0.25) is 4.99 Å². The first-order chi connectivity index (χ1) is 5.61. The fraction of sp³-hybridized carbons (Fsp3) is 0.889. The molecule has 72 valence electrons. The number of aliphatic imine (C=N–C) groups is 1. The molecule has 2 atom stereocenters. The molecule has 3 nitrogen and oxygen atoms in total. The molecule has 0 bridgehead atoms. The lowest BCUT2D eigenvalue weighted by molar-refractivity contribution is 0.436. The van der Waals surface area contributed by atoms with Crippen LogP contribution in [0.5, 0.6) is 0 Å². The molecule has 0 aliphatic carbocycles. The third-order valence-electron chi connectivity index (χ3n) is 2.20. The Kier molecular flexibility index (Phi) is 5.51. The lowest BCUT2D eigenvalue weighted by Gasteiger charge is -2.20. The predicted octanol–water partition coefficient (Wildman–Crippen LogP) is 1.35. The van der Waals surface area contributed by atoms with Gasteiger partial charge in [-0.25, -0.2) is 0 Å². The van der Waals surface area contributed by atoms with Crippen molar-refractivity contribution in [3.05, 3.63) is 0 Å². The molecular weight excluding hydrogens is 150 g/mol. The van der Waals surface area contributed by atoms with E-state index in [1.807, 2.05) is 6.92 Å². The van der Waals surface area contributed by atoms with Crippen LogP contribution in [0.2, 0.25) is 0 Å². The van der Waals surface area contributed by atoms with E-state index in [1.54, 1.807) is 0 Å². The number of nitrogens with one attached hydrogen (secondary N) is 1. The highest BCUT2D eigenvalue weighted by atomic mass is 15.1. The Balaban J connectivity index is 3.82. The largest absolute Gasteiger partial charge is 0.370 e. The van der Waals surface area contributed by atoms with Crippen LogP contribution in [0.3, 0.4) is 0 Å². The number of guanidine groups is 1. The van der Waals surface area contributed by atoms with E-state index in [4.69, 9.17) is 5.73 Å². The maximum absolute atomic E-state index is 5.62. The van der Waals surface area contributed by atoms with Crippen molar-refractivity contribution >= 4 is 5.96 Å². The lowest BCUT2D eigenvalue weighted by Crippen LogP contribution is -2.41. The number of nitrogens with zero attached hydrogens (tertiary/aromatic N) is 1. The second-order valence-corrected chi connectivity index (χ2v) is 3.18. The summed E-state index contributed by atoms with van der Waals surface area (Å²) in [7, 11) is 0. The Bertz CT molecular complexity index is 143. The van der Waals surface area contributed by atoms with Crippen molar-refractivity contribution in [2.24, 2.45) is 16.6 Å². The highest BCUT2D eigenvalue weighted by molar-refractivity contribution is 5.78. The standard InChI is InChI=1S/C9H21N3/c1-5-7(3)8(4)12-9(10)11-6-2/h7-8H,5-6H2,1-4H3,(H3,10,11,12). The summed E-state index contributed by atoms with van der Waals surface area (Å²) in [6.45, 7) is 9.23. The summed E-state index contributed by atoms with van der Waals surface area (Å²) in [6.07, 6.45) is 1.16. The lowest BCUT2D eigenvalue weighted by atomic mass is 10.0. The molecule has 0 aromatic rings. The quantitative estimate of drug-likeness (QED) is 0.495. The Morgan fingerprint density at radius 2 is 2.00 bits per heavy atom. The van der Waals surface area contributed by atoms with Crippen molar-refractivity contribution in [2.75, 3.05) is 6.54 Å². The third kappa shape index (κ3) is 4.21. The van der Waals surface area contributed by atoms with Crippen LogP contribution in [0.1, 0.15) is 34.1 Å². The van der Waals surface area contributed by atoms with Gasteiger partial charge in [0.1, 0.15) is 0 Å². The van der Waals surface area contributed by atoms with Gasteiger partial charge in [0.05, 0.1) is 0 Å². The summed E-state index contributed by atoms with van der Waals surface area (Å²) < 4.78 is 0. The van der Waals surface area contributed by atoms with Crippen LogP contribution in [0.25, 0.3) is 0 Å². The van der Waals surface area contributed by atoms with E-state index in [0.717, 1.165) is 13.0 Å². The Morgan fingerprint density at radius 1 is 1.42 bits per heavy atom. The van der Waals surface area contributed by atoms with Gasteiger partial charge in [-0.2, -0.15) is 0 Å². The van der Waals surface area contributed by atoms with Gasteiger partial charge in [0.15, 0.2) is 5.96 Å². The van der Waals surface area contributed by atoms with Gasteiger partial charge < -0.3 is 11.1 Å². The van der Waals surface area contributed by atoms with E-state index in [2.05, 4.69) is 31.1 Å². The minimum atomic E-state index is 0.408. The zero-order valence-electron chi connectivity index (χ0n) is 8.59. The minimum absolute atomic E-state index is 0.408. The smallest absolute Gasteiger partial charge is 0.188 e. The molecule has 0 saturated heterocycles. The van der Waals surface area contributed by atoms with Crippen LogP contribution in [-0.2, 0) is 0 Å². The fourth-order valence-electron chi connectivity index (χ4n) is 0.945. The third-order valence-corrected chi connectivity index (χ3v) is 2.20. The molecule has 0 aliphatic rings. The average Bonchev–Trinajstić information content (AvgIpc) is 2.03. The van der Waals surface area contributed by atoms with Crippen LogP contribution < -0.4 is 11.1 Å². The number of rotatable bonds is 4. The van der Waals surface area contributed by atoms with E-state index >= 15 is 0 Å². The van der Waals surface area contributed by atoms with E-state index in [1.165, 1.54) is 0 Å².